The molecule has 8 heteroatoms. The van der Waals surface area contributed by atoms with Crippen LogP contribution in [0, 0.1) is 5.92 Å². The maximum atomic E-state index is 13.9. The molecule has 1 saturated carbocycles. The maximum Gasteiger partial charge on any atom is 0.328 e. The molecule has 3 N–H and O–H groups in total. The number of phenols is 1. The van der Waals surface area contributed by atoms with Gasteiger partial charge in [0.1, 0.15) is 17.0 Å². The Labute approximate surface area is 216 Å². The summed E-state index contributed by atoms with van der Waals surface area (Å²) in [6.07, 6.45) is 4.25. The summed E-state index contributed by atoms with van der Waals surface area (Å²) in [5.41, 5.74) is 2.87. The number of H-pyrrole nitrogens is 1. The van der Waals surface area contributed by atoms with E-state index < -0.39 is 5.54 Å². The zero-order chi connectivity index (χ0) is 25.7. The molecule has 1 aliphatic carbocycles. The zero-order valence-electron chi connectivity index (χ0n) is 21.4. The second-order valence-corrected chi connectivity index (χ2v) is 10.9. The fourth-order valence-electron chi connectivity index (χ4n) is 6.07. The summed E-state index contributed by atoms with van der Waals surface area (Å²) in [6.45, 7) is 4.11. The quantitative estimate of drug-likeness (QED) is 0.302. The van der Waals surface area contributed by atoms with Gasteiger partial charge in [-0.25, -0.2) is 4.79 Å². The van der Waals surface area contributed by atoms with Crippen molar-refractivity contribution in [1.82, 2.24) is 20.1 Å². The van der Waals surface area contributed by atoms with Gasteiger partial charge in [-0.2, -0.15) is 0 Å². The molecule has 6 rings (SSSR count). The molecule has 2 aliphatic heterocycles. The Morgan fingerprint density at radius 2 is 2.03 bits per heavy atom. The lowest BCUT2D eigenvalue weighted by Crippen LogP contribution is -2.53. The number of imide groups is 1. The number of nitrogens with one attached hydrogen (secondary N) is 2. The number of hydrogen-bond donors (Lipinski definition) is 3. The minimum atomic E-state index is -0.981. The van der Waals surface area contributed by atoms with E-state index in [1.165, 1.54) is 17.7 Å². The second kappa shape index (κ2) is 9.10. The molecule has 1 aromatic heterocycles. The van der Waals surface area contributed by atoms with Gasteiger partial charge in [-0.1, -0.05) is 12.1 Å². The monoisotopic (exact) mass is 502 g/mol. The number of ether oxygens (including phenoxy) is 1. The number of aromatic hydroxyl groups is 1. The van der Waals surface area contributed by atoms with Crippen LogP contribution >= 0.6 is 0 Å². The Balaban J connectivity index is 1.35. The highest BCUT2D eigenvalue weighted by Crippen LogP contribution is 2.47. The molecule has 0 radical (unpaired) electrons. The number of urea groups is 1. The number of nitrogens with zero attached hydrogens (tertiary/aromatic N) is 2. The van der Waals surface area contributed by atoms with Crippen LogP contribution in [0.5, 0.6) is 11.5 Å². The van der Waals surface area contributed by atoms with Gasteiger partial charge < -0.3 is 25.0 Å². The third kappa shape index (κ3) is 4.13. The third-order valence-corrected chi connectivity index (χ3v) is 8.19. The lowest BCUT2D eigenvalue weighted by Gasteiger charge is -2.42. The molecule has 1 unspecified atom stereocenters. The first-order valence-corrected chi connectivity index (χ1v) is 13.2. The van der Waals surface area contributed by atoms with Gasteiger partial charge in [-0.15, -0.1) is 0 Å². The van der Waals surface area contributed by atoms with Crippen molar-refractivity contribution >= 4 is 22.8 Å². The summed E-state index contributed by atoms with van der Waals surface area (Å²) in [4.78, 5) is 34.5. The lowest BCUT2D eigenvalue weighted by molar-refractivity contribution is -0.133. The van der Waals surface area contributed by atoms with Gasteiger partial charge >= 0.3 is 6.03 Å². The number of hydrogen-bond acceptors (Lipinski definition) is 5. The SMILES string of the molecule is COc1ccc2[nH]c3c(c2c1)C[C@@]1(C)C(=O)N(CCCNCC2CC2)C(=O)N1C3Cc1cccc(O)c1. The Hall–Kier alpha value is -3.52. The lowest BCUT2D eigenvalue weighted by atomic mass is 9.81. The van der Waals surface area contributed by atoms with Crippen molar-refractivity contribution in [1.29, 1.82) is 0 Å². The fourth-order valence-corrected chi connectivity index (χ4v) is 6.07. The maximum absolute atomic E-state index is 13.9. The fraction of sp³-hybridized carbons (Fsp3) is 0.448. The first-order chi connectivity index (χ1) is 17.9. The van der Waals surface area contributed by atoms with Gasteiger partial charge in [-0.05, 0) is 93.1 Å². The van der Waals surface area contributed by atoms with Crippen LogP contribution in [0.4, 0.5) is 4.79 Å². The van der Waals surface area contributed by atoms with Crippen molar-refractivity contribution in [2.24, 2.45) is 5.92 Å². The average Bonchev–Trinajstić information content (AvgIpc) is 3.61. The van der Waals surface area contributed by atoms with Crippen LogP contribution in [0.25, 0.3) is 10.9 Å². The Bertz CT molecular complexity index is 1360. The van der Waals surface area contributed by atoms with Gasteiger partial charge in [-0.3, -0.25) is 9.69 Å². The van der Waals surface area contributed by atoms with Gasteiger partial charge in [0.25, 0.3) is 5.91 Å². The van der Waals surface area contributed by atoms with Crippen LogP contribution in [-0.2, 0) is 17.6 Å². The van der Waals surface area contributed by atoms with Gasteiger partial charge in [0.05, 0.1) is 13.2 Å². The summed E-state index contributed by atoms with van der Waals surface area (Å²) in [5, 5.41) is 14.6. The predicted molar refractivity (Wildman–Crippen MR) is 141 cm³/mol. The molecule has 3 aliphatic rings. The van der Waals surface area contributed by atoms with Crippen LogP contribution in [0.3, 0.4) is 0 Å². The van der Waals surface area contributed by atoms with E-state index in [1.54, 1.807) is 24.1 Å². The average molecular weight is 503 g/mol. The molecule has 1 saturated heterocycles. The molecular formula is C29H34N4O4. The van der Waals surface area contributed by atoms with Crippen molar-refractivity contribution < 1.29 is 19.4 Å². The van der Waals surface area contributed by atoms with Gasteiger partial charge in [0.2, 0.25) is 0 Å². The summed E-state index contributed by atoms with van der Waals surface area (Å²) in [7, 11) is 1.64. The normalized spacial score (nSPS) is 23.0. The number of methoxy groups -OCH3 is 1. The molecular weight excluding hydrogens is 468 g/mol. The van der Waals surface area contributed by atoms with E-state index in [0.717, 1.165) is 58.9 Å². The number of aromatic amines is 1. The molecule has 0 spiro atoms. The topological polar surface area (TPSA) is 97.9 Å². The van der Waals surface area contributed by atoms with Crippen molar-refractivity contribution in [3.05, 3.63) is 59.3 Å². The molecule has 2 atom stereocenters. The van der Waals surface area contributed by atoms with Crippen LogP contribution in [0.1, 0.15) is 49.0 Å². The number of amides is 3. The molecule has 3 heterocycles. The minimum absolute atomic E-state index is 0.136. The number of fused-ring (bicyclic) bond motifs is 4. The van der Waals surface area contributed by atoms with E-state index in [-0.39, 0.29) is 23.7 Å². The number of rotatable bonds is 9. The number of aromatic nitrogens is 1. The van der Waals surface area contributed by atoms with Crippen LogP contribution in [0.2, 0.25) is 0 Å². The highest BCUT2D eigenvalue weighted by Gasteiger charge is 2.59. The smallest absolute Gasteiger partial charge is 0.328 e. The number of carbonyl (C=O) groups excluding carboxylic acids is 2. The molecule has 194 valence electrons. The summed E-state index contributed by atoms with van der Waals surface area (Å²) < 4.78 is 5.48. The Morgan fingerprint density at radius 1 is 1.19 bits per heavy atom. The Morgan fingerprint density at radius 3 is 2.78 bits per heavy atom. The summed E-state index contributed by atoms with van der Waals surface area (Å²) >= 11 is 0. The summed E-state index contributed by atoms with van der Waals surface area (Å²) in [6, 6.07) is 12.4. The summed E-state index contributed by atoms with van der Waals surface area (Å²) in [5.74, 6) is 1.59. The predicted octanol–water partition coefficient (Wildman–Crippen LogP) is 4.13. The second-order valence-electron chi connectivity index (χ2n) is 10.9. The largest absolute Gasteiger partial charge is 0.508 e. The number of benzene rings is 2. The molecule has 37 heavy (non-hydrogen) atoms. The van der Waals surface area contributed by atoms with Crippen LogP contribution in [-0.4, -0.2) is 64.1 Å². The van der Waals surface area contributed by atoms with Crippen LogP contribution in [0.15, 0.2) is 42.5 Å². The van der Waals surface area contributed by atoms with E-state index in [4.69, 9.17) is 4.74 Å². The first kappa shape index (κ1) is 23.9. The molecule has 2 fully saturated rings. The molecule has 0 bridgehead atoms. The Kier molecular flexibility index (Phi) is 5.87. The highest BCUT2D eigenvalue weighted by atomic mass is 16.5. The van der Waals surface area contributed by atoms with Crippen molar-refractivity contribution in [3.8, 4) is 11.5 Å². The van der Waals surface area contributed by atoms with Crippen LogP contribution < -0.4 is 10.1 Å². The standard InChI is InChI=1S/C29H34N4O4/c1-29-16-23-22-15-21(37-2)9-10-24(22)31-26(23)25(14-19-5-3-6-20(34)13-19)33(29)28(36)32(27(29)35)12-4-11-30-17-18-7-8-18/h3,5-6,9-10,13,15,18,25,30-31,34H,4,7-8,11-12,14,16-17H2,1-2H3/t25?,29-/m0/s1. The van der Waals surface area contributed by atoms with E-state index in [0.29, 0.717) is 19.4 Å². The van der Waals surface area contributed by atoms with Crippen molar-refractivity contribution in [2.45, 2.75) is 50.6 Å². The van der Waals surface area contributed by atoms with Gasteiger partial charge in [0.15, 0.2) is 0 Å². The van der Waals surface area contributed by atoms with E-state index in [9.17, 15) is 14.7 Å². The van der Waals surface area contributed by atoms with Gasteiger partial charge in [0, 0.05) is 29.6 Å². The molecule has 8 nitrogen and oxygen atoms in total. The first-order valence-electron chi connectivity index (χ1n) is 13.2. The zero-order valence-corrected chi connectivity index (χ0v) is 21.4. The van der Waals surface area contributed by atoms with Crippen molar-refractivity contribution in [3.63, 3.8) is 0 Å². The van der Waals surface area contributed by atoms with E-state index >= 15 is 0 Å². The van der Waals surface area contributed by atoms with E-state index in [1.807, 2.05) is 37.3 Å². The third-order valence-electron chi connectivity index (χ3n) is 8.19. The molecule has 3 aromatic rings. The van der Waals surface area contributed by atoms with E-state index in [2.05, 4.69) is 10.3 Å². The molecule has 3 amide bonds. The van der Waals surface area contributed by atoms with Crippen molar-refractivity contribution in [2.75, 3.05) is 26.7 Å². The minimum Gasteiger partial charge on any atom is -0.508 e. The number of carbonyl (C=O) groups is 2. The number of phenolic OH excluding ortho intramolecular Hbond substituents is 1. The molecule has 2 aromatic carbocycles. The highest BCUT2D eigenvalue weighted by molar-refractivity contribution is 6.08.